The Morgan fingerprint density at radius 2 is 1.05 bits per heavy atom. The average Bonchev–Trinajstić information content (AvgIpc) is 3.04. The lowest BCUT2D eigenvalue weighted by molar-refractivity contribution is -0.124. The smallest absolute Gasteiger partial charge is 0.223 e. The van der Waals surface area contributed by atoms with Crippen LogP contribution in [0.5, 0.6) is 0 Å². The molecule has 0 aromatic heterocycles. The highest BCUT2D eigenvalue weighted by molar-refractivity contribution is 6.04. The third-order valence-electron chi connectivity index (χ3n) is 7.55. The number of benzene rings is 4. The first-order valence-corrected chi connectivity index (χ1v) is 14.9. The number of unbranched alkanes of at least 4 members (excludes halogenated alkanes) is 4. The van der Waals surface area contributed by atoms with Gasteiger partial charge in [0.15, 0.2) is 5.78 Å². The van der Waals surface area contributed by atoms with E-state index in [4.69, 9.17) is 0 Å². The van der Waals surface area contributed by atoms with Crippen molar-refractivity contribution in [1.82, 2.24) is 10.6 Å². The summed E-state index contributed by atoms with van der Waals surface area (Å²) in [5.41, 5.74) is 2.11. The highest BCUT2D eigenvalue weighted by Gasteiger charge is 2.38. The number of rotatable bonds is 15. The topological polar surface area (TPSA) is 75.3 Å². The predicted octanol–water partition coefficient (Wildman–Crippen LogP) is 7.21. The lowest BCUT2D eigenvalue weighted by Gasteiger charge is -2.37. The summed E-state index contributed by atoms with van der Waals surface area (Å²) in [6, 6.07) is 37.3. The number of amides is 2. The Labute approximate surface area is 249 Å². The van der Waals surface area contributed by atoms with Gasteiger partial charge in [0, 0.05) is 12.0 Å². The van der Waals surface area contributed by atoms with E-state index >= 15 is 0 Å². The van der Waals surface area contributed by atoms with Crippen LogP contribution in [0.4, 0.5) is 0 Å². The summed E-state index contributed by atoms with van der Waals surface area (Å²) < 4.78 is 0. The van der Waals surface area contributed by atoms with E-state index < -0.39 is 11.6 Å². The molecule has 0 fully saturated rings. The minimum Gasteiger partial charge on any atom is -0.345 e. The molecule has 216 valence electrons. The maximum absolute atomic E-state index is 14.0. The van der Waals surface area contributed by atoms with Gasteiger partial charge in [0.05, 0.1) is 6.42 Å². The lowest BCUT2D eigenvalue weighted by atomic mass is 9.76. The molecule has 0 bridgehead atoms. The van der Waals surface area contributed by atoms with Gasteiger partial charge in [0.1, 0.15) is 11.6 Å². The van der Waals surface area contributed by atoms with Gasteiger partial charge in [-0.1, -0.05) is 154 Å². The Hall–Kier alpha value is -4.51. The van der Waals surface area contributed by atoms with Gasteiger partial charge in [-0.2, -0.15) is 0 Å². The van der Waals surface area contributed by atoms with Gasteiger partial charge in [0.25, 0.3) is 0 Å². The van der Waals surface area contributed by atoms with Crippen LogP contribution in [0.15, 0.2) is 121 Å². The number of nitrogens with one attached hydrogen (secondary N) is 2. The molecule has 0 heterocycles. The Kier molecular flexibility index (Phi) is 11.2. The third kappa shape index (κ3) is 7.82. The van der Waals surface area contributed by atoms with Crippen molar-refractivity contribution in [3.05, 3.63) is 144 Å². The first-order chi connectivity index (χ1) is 20.5. The van der Waals surface area contributed by atoms with Crippen molar-refractivity contribution in [2.45, 2.75) is 63.5 Å². The van der Waals surface area contributed by atoms with E-state index in [0.29, 0.717) is 12.0 Å². The molecule has 0 aliphatic heterocycles. The third-order valence-corrected chi connectivity index (χ3v) is 7.55. The van der Waals surface area contributed by atoms with Crippen LogP contribution in [-0.2, 0) is 15.1 Å². The first-order valence-electron chi connectivity index (χ1n) is 14.9. The second-order valence-corrected chi connectivity index (χ2v) is 10.6. The zero-order chi connectivity index (χ0) is 29.6. The molecule has 0 saturated heterocycles. The van der Waals surface area contributed by atoms with Gasteiger partial charge >= 0.3 is 0 Å². The fourth-order valence-corrected chi connectivity index (χ4v) is 5.40. The molecular formula is C37H40N2O3. The maximum atomic E-state index is 14.0. The van der Waals surface area contributed by atoms with E-state index in [1.807, 2.05) is 97.1 Å². The summed E-state index contributed by atoms with van der Waals surface area (Å²) in [5, 5.41) is 6.21. The predicted molar refractivity (Wildman–Crippen MR) is 168 cm³/mol. The molecule has 0 saturated carbocycles. The molecule has 0 spiro atoms. The number of hydrogen-bond donors (Lipinski definition) is 2. The van der Waals surface area contributed by atoms with Crippen LogP contribution in [0, 0.1) is 0 Å². The SMILES string of the molecule is CCCCCCCC(=O)NC(CC(=O)NC(c1ccccc1)(c1ccccc1)c1ccccc1)C(=O)c1ccccc1. The normalized spacial score (nSPS) is 11.8. The minimum absolute atomic E-state index is 0.191. The van der Waals surface area contributed by atoms with Gasteiger partial charge in [-0.05, 0) is 23.1 Å². The van der Waals surface area contributed by atoms with E-state index in [2.05, 4.69) is 17.6 Å². The Balaban J connectivity index is 1.65. The van der Waals surface area contributed by atoms with Gasteiger partial charge in [-0.3, -0.25) is 14.4 Å². The molecule has 1 unspecified atom stereocenters. The molecule has 42 heavy (non-hydrogen) atoms. The second-order valence-electron chi connectivity index (χ2n) is 10.6. The number of carbonyl (C=O) groups excluding carboxylic acids is 3. The van der Waals surface area contributed by atoms with Crippen LogP contribution in [0.3, 0.4) is 0 Å². The molecule has 4 aromatic carbocycles. The molecule has 1 atom stereocenters. The maximum Gasteiger partial charge on any atom is 0.223 e. The van der Waals surface area contributed by atoms with E-state index in [9.17, 15) is 14.4 Å². The Bertz CT molecular complexity index is 1310. The zero-order valence-electron chi connectivity index (χ0n) is 24.3. The number of Topliss-reactive ketones (excluding diaryl/α,β-unsaturated/α-hetero) is 1. The van der Waals surface area contributed by atoms with Crippen molar-refractivity contribution >= 4 is 17.6 Å². The molecular weight excluding hydrogens is 520 g/mol. The summed E-state index contributed by atoms with van der Waals surface area (Å²) in [7, 11) is 0. The van der Waals surface area contributed by atoms with Crippen LogP contribution in [0.25, 0.3) is 0 Å². The molecule has 0 aliphatic carbocycles. The van der Waals surface area contributed by atoms with E-state index in [-0.39, 0.29) is 24.0 Å². The highest BCUT2D eigenvalue weighted by atomic mass is 16.2. The first kappa shape index (κ1) is 30.4. The van der Waals surface area contributed by atoms with Gasteiger partial charge in [-0.25, -0.2) is 0 Å². The largest absolute Gasteiger partial charge is 0.345 e. The summed E-state index contributed by atoms with van der Waals surface area (Å²) in [6.45, 7) is 2.15. The molecule has 0 radical (unpaired) electrons. The van der Waals surface area contributed by atoms with Gasteiger partial charge in [0.2, 0.25) is 11.8 Å². The number of hydrogen-bond acceptors (Lipinski definition) is 3. The van der Waals surface area contributed by atoms with Crippen molar-refractivity contribution in [3.63, 3.8) is 0 Å². The van der Waals surface area contributed by atoms with Gasteiger partial charge in [-0.15, -0.1) is 0 Å². The Morgan fingerprint density at radius 1 is 0.595 bits per heavy atom. The number of ketones is 1. The zero-order valence-corrected chi connectivity index (χ0v) is 24.3. The molecule has 4 rings (SSSR count). The fourth-order valence-electron chi connectivity index (χ4n) is 5.40. The molecule has 4 aromatic rings. The van der Waals surface area contributed by atoms with Crippen LogP contribution < -0.4 is 10.6 Å². The van der Waals surface area contributed by atoms with Gasteiger partial charge < -0.3 is 10.6 Å². The van der Waals surface area contributed by atoms with Crippen molar-refractivity contribution in [2.75, 3.05) is 0 Å². The minimum atomic E-state index is -1.01. The standard InChI is InChI=1S/C37H40N2O3/c1-2-3-4-5-18-27-34(40)38-33(36(42)29-19-10-6-11-20-29)28-35(41)39-37(30-21-12-7-13-22-30,31-23-14-8-15-24-31)32-25-16-9-17-26-32/h6-17,19-26,33H,2-5,18,27-28H2,1H3,(H,38,40)(H,39,41). The fraction of sp³-hybridized carbons (Fsp3) is 0.270. The molecule has 0 aliphatic rings. The molecule has 2 amide bonds. The summed E-state index contributed by atoms with van der Waals surface area (Å²) in [4.78, 5) is 40.6. The second kappa shape index (κ2) is 15.5. The van der Waals surface area contributed by atoms with Crippen LogP contribution in [-0.4, -0.2) is 23.6 Å². The van der Waals surface area contributed by atoms with Crippen LogP contribution in [0.2, 0.25) is 0 Å². The number of carbonyl (C=O) groups is 3. The molecule has 5 heteroatoms. The molecule has 5 nitrogen and oxygen atoms in total. The Morgan fingerprint density at radius 3 is 1.52 bits per heavy atom. The monoisotopic (exact) mass is 560 g/mol. The quantitative estimate of drug-likeness (QED) is 0.0916. The average molecular weight is 561 g/mol. The van der Waals surface area contributed by atoms with E-state index in [1.54, 1.807) is 24.3 Å². The van der Waals surface area contributed by atoms with Crippen molar-refractivity contribution in [3.8, 4) is 0 Å². The lowest BCUT2D eigenvalue weighted by Crippen LogP contribution is -2.51. The van der Waals surface area contributed by atoms with Crippen molar-refractivity contribution in [2.24, 2.45) is 0 Å². The van der Waals surface area contributed by atoms with E-state index in [0.717, 1.165) is 48.8 Å². The summed E-state index contributed by atoms with van der Waals surface area (Å²) >= 11 is 0. The van der Waals surface area contributed by atoms with Crippen LogP contribution in [0.1, 0.15) is 78.9 Å². The van der Waals surface area contributed by atoms with Crippen molar-refractivity contribution in [1.29, 1.82) is 0 Å². The molecule has 2 N–H and O–H groups in total. The van der Waals surface area contributed by atoms with E-state index in [1.165, 1.54) is 0 Å². The summed E-state index contributed by atoms with van der Waals surface area (Å²) in [5.74, 6) is -0.840. The van der Waals surface area contributed by atoms with Crippen molar-refractivity contribution < 1.29 is 14.4 Å². The van der Waals surface area contributed by atoms with Crippen LogP contribution >= 0.6 is 0 Å². The summed E-state index contributed by atoms with van der Waals surface area (Å²) in [6.07, 6.45) is 5.21. The highest BCUT2D eigenvalue weighted by Crippen LogP contribution is 2.37.